The van der Waals surface area contributed by atoms with Gasteiger partial charge in [0.2, 0.25) is 21.8 Å². The van der Waals surface area contributed by atoms with Crippen LogP contribution in [0.15, 0.2) is 36.4 Å². The minimum atomic E-state index is -3.60. The highest BCUT2D eigenvalue weighted by atomic mass is 32.2. The van der Waals surface area contributed by atoms with Gasteiger partial charge in [-0.25, -0.2) is 12.8 Å². The molecule has 1 heterocycles. The van der Waals surface area contributed by atoms with Gasteiger partial charge < -0.3 is 9.80 Å². The molecule has 4 rings (SSSR count). The number of rotatable bonds is 4. The lowest BCUT2D eigenvalue weighted by Gasteiger charge is -2.43. The van der Waals surface area contributed by atoms with E-state index in [0.29, 0.717) is 29.0 Å². The Kier molecular flexibility index (Phi) is 5.70. The van der Waals surface area contributed by atoms with Gasteiger partial charge in [-0.05, 0) is 55.2 Å². The number of amides is 2. The number of fused-ring (bicyclic) bond motifs is 1. The van der Waals surface area contributed by atoms with Crippen molar-refractivity contribution in [2.24, 2.45) is 5.92 Å². The number of sulfonamides is 1. The van der Waals surface area contributed by atoms with Crippen molar-refractivity contribution in [1.82, 2.24) is 0 Å². The molecule has 0 saturated heterocycles. The molecule has 1 aliphatic heterocycles. The number of halogens is 1. The molecule has 2 amide bonds. The first-order valence-electron chi connectivity index (χ1n) is 10.6. The Morgan fingerprint density at radius 1 is 1.06 bits per heavy atom. The Morgan fingerprint density at radius 3 is 2.28 bits per heavy atom. The maximum atomic E-state index is 14.5. The predicted octanol–water partition coefficient (Wildman–Crippen LogP) is 3.75. The van der Waals surface area contributed by atoms with E-state index in [1.807, 2.05) is 6.92 Å². The van der Waals surface area contributed by atoms with Crippen LogP contribution in [-0.4, -0.2) is 39.1 Å². The Hall–Kier alpha value is -2.94. The highest BCUT2D eigenvalue weighted by Gasteiger charge is 2.37. The topological polar surface area (TPSA) is 86.8 Å². The van der Waals surface area contributed by atoms with E-state index in [1.54, 1.807) is 34.1 Å². The molecule has 9 heteroatoms. The quantitative estimate of drug-likeness (QED) is 0.754. The van der Waals surface area contributed by atoms with Crippen molar-refractivity contribution in [2.75, 3.05) is 27.3 Å². The van der Waals surface area contributed by atoms with E-state index in [2.05, 4.69) is 4.72 Å². The molecule has 170 valence electrons. The first kappa shape index (κ1) is 22.3. The highest BCUT2D eigenvalue weighted by molar-refractivity contribution is 7.92. The van der Waals surface area contributed by atoms with E-state index in [4.69, 9.17) is 0 Å². The van der Waals surface area contributed by atoms with Gasteiger partial charge in [-0.1, -0.05) is 18.6 Å². The third-order valence-electron chi connectivity index (χ3n) is 6.07. The summed E-state index contributed by atoms with van der Waals surface area (Å²) in [4.78, 5) is 28.9. The van der Waals surface area contributed by atoms with Gasteiger partial charge in [0, 0.05) is 19.4 Å². The monoisotopic (exact) mass is 459 g/mol. The van der Waals surface area contributed by atoms with Gasteiger partial charge in [-0.3, -0.25) is 14.3 Å². The summed E-state index contributed by atoms with van der Waals surface area (Å²) in [5.74, 6) is -0.749. The van der Waals surface area contributed by atoms with Crippen molar-refractivity contribution in [1.29, 1.82) is 0 Å². The van der Waals surface area contributed by atoms with Crippen molar-refractivity contribution in [3.63, 3.8) is 0 Å². The zero-order chi connectivity index (χ0) is 23.2. The second-order valence-corrected chi connectivity index (χ2v) is 10.3. The van der Waals surface area contributed by atoms with Crippen molar-refractivity contribution in [3.8, 4) is 11.1 Å². The van der Waals surface area contributed by atoms with Crippen LogP contribution in [-0.2, 0) is 19.6 Å². The molecular weight excluding hydrogens is 433 g/mol. The predicted molar refractivity (Wildman–Crippen MR) is 123 cm³/mol. The lowest BCUT2D eigenvalue weighted by molar-refractivity contribution is -0.125. The molecule has 32 heavy (non-hydrogen) atoms. The average molecular weight is 460 g/mol. The number of nitrogens with one attached hydrogen (secondary N) is 1. The lowest BCUT2D eigenvalue weighted by Crippen LogP contribution is -2.53. The molecule has 2 aromatic rings. The van der Waals surface area contributed by atoms with Gasteiger partial charge in [0.15, 0.2) is 0 Å². The molecule has 1 saturated carbocycles. The van der Waals surface area contributed by atoms with E-state index in [-0.39, 0.29) is 29.5 Å². The Morgan fingerprint density at radius 2 is 1.72 bits per heavy atom. The molecule has 0 radical (unpaired) electrons. The summed E-state index contributed by atoms with van der Waals surface area (Å²) in [6.45, 7) is 3.82. The molecule has 0 unspecified atom stereocenters. The number of nitrogens with zero attached hydrogens (tertiary/aromatic N) is 2. The van der Waals surface area contributed by atoms with Gasteiger partial charge in [-0.15, -0.1) is 0 Å². The van der Waals surface area contributed by atoms with Crippen LogP contribution in [0.2, 0.25) is 0 Å². The molecule has 0 spiro atoms. The number of benzene rings is 2. The molecule has 1 aliphatic carbocycles. The summed E-state index contributed by atoms with van der Waals surface area (Å²) >= 11 is 0. The maximum absolute atomic E-state index is 14.5. The molecule has 1 fully saturated rings. The number of hydrogen-bond donors (Lipinski definition) is 1. The number of carbonyl (C=O) groups excluding carboxylic acids is 2. The zero-order valence-corrected chi connectivity index (χ0v) is 19.1. The number of hydrogen-bond acceptors (Lipinski definition) is 4. The fraction of sp³-hybridized carbons (Fsp3) is 0.391. The minimum Gasteiger partial charge on any atom is -0.308 e. The molecule has 0 aromatic heterocycles. The molecule has 7 nitrogen and oxygen atoms in total. The Balaban J connectivity index is 1.76. The molecule has 2 aliphatic rings. The second kappa shape index (κ2) is 8.20. The highest BCUT2D eigenvalue weighted by Crippen LogP contribution is 2.41. The van der Waals surface area contributed by atoms with Crippen LogP contribution in [0.5, 0.6) is 0 Å². The summed E-state index contributed by atoms with van der Waals surface area (Å²) < 4.78 is 39.5. The third-order valence-corrected chi connectivity index (χ3v) is 6.66. The summed E-state index contributed by atoms with van der Waals surface area (Å²) in [5.41, 5.74) is 2.36. The third kappa shape index (κ3) is 4.21. The summed E-state index contributed by atoms with van der Waals surface area (Å²) in [5, 5.41) is 0. The fourth-order valence-electron chi connectivity index (χ4n) is 4.35. The van der Waals surface area contributed by atoms with E-state index < -0.39 is 15.8 Å². The summed E-state index contributed by atoms with van der Waals surface area (Å²) in [6, 6.07) is 9.43. The lowest BCUT2D eigenvalue weighted by atomic mass is 9.84. The number of carbonyl (C=O) groups is 2. The van der Waals surface area contributed by atoms with Crippen LogP contribution in [0, 0.1) is 11.7 Å². The molecule has 1 atom stereocenters. The zero-order valence-electron chi connectivity index (χ0n) is 18.3. The van der Waals surface area contributed by atoms with E-state index >= 15 is 0 Å². The summed E-state index contributed by atoms with van der Waals surface area (Å²) in [6.07, 6.45) is 3.74. The van der Waals surface area contributed by atoms with Gasteiger partial charge >= 0.3 is 0 Å². The van der Waals surface area contributed by atoms with Crippen LogP contribution < -0.4 is 14.5 Å². The van der Waals surface area contributed by atoms with Crippen LogP contribution in [0.4, 0.5) is 21.5 Å². The van der Waals surface area contributed by atoms with Crippen LogP contribution in [0.25, 0.3) is 11.1 Å². The smallest absolute Gasteiger partial charge is 0.230 e. The largest absolute Gasteiger partial charge is 0.308 e. The summed E-state index contributed by atoms with van der Waals surface area (Å²) in [7, 11) is -3.60. The van der Waals surface area contributed by atoms with Gasteiger partial charge in [-0.2, -0.15) is 0 Å². The number of anilines is 3. The minimum absolute atomic E-state index is 0.00128. The van der Waals surface area contributed by atoms with Crippen LogP contribution >= 0.6 is 0 Å². The van der Waals surface area contributed by atoms with Crippen molar-refractivity contribution in [2.45, 2.75) is 39.2 Å². The Labute approximate surface area is 187 Å². The maximum Gasteiger partial charge on any atom is 0.230 e. The van der Waals surface area contributed by atoms with E-state index in [0.717, 1.165) is 25.5 Å². The van der Waals surface area contributed by atoms with Crippen LogP contribution in [0.3, 0.4) is 0 Å². The molecule has 1 N–H and O–H groups in total. The molecule has 2 aromatic carbocycles. The normalized spacial score (nSPS) is 18.7. The van der Waals surface area contributed by atoms with Crippen molar-refractivity contribution < 1.29 is 22.4 Å². The van der Waals surface area contributed by atoms with Gasteiger partial charge in [0.25, 0.3) is 0 Å². The SMILES string of the molecule is CC(=O)N1c2ccc(-c3ccc(NS(C)(=O)=O)c(F)c3)cc2N(C(=O)C2CCC2)C[C@@H]1C. The first-order valence-corrected chi connectivity index (χ1v) is 12.5. The standard InChI is InChI=1S/C23H26FN3O4S/c1-14-13-26(23(29)16-5-4-6-16)22-12-18(8-10-21(22)27(14)15(2)28)17-7-9-20(19(24)11-17)25-32(3,30)31/h7-12,14,16,25H,4-6,13H2,1-3H3/t14-/m0/s1. The van der Waals surface area contributed by atoms with Crippen LogP contribution in [0.1, 0.15) is 33.1 Å². The van der Waals surface area contributed by atoms with Gasteiger partial charge in [0.1, 0.15) is 5.82 Å². The Bertz CT molecular complexity index is 1190. The molecule has 0 bridgehead atoms. The van der Waals surface area contributed by atoms with E-state index in [9.17, 15) is 22.4 Å². The fourth-order valence-corrected chi connectivity index (χ4v) is 4.91. The van der Waals surface area contributed by atoms with Crippen molar-refractivity contribution in [3.05, 3.63) is 42.2 Å². The second-order valence-electron chi connectivity index (χ2n) is 8.59. The van der Waals surface area contributed by atoms with E-state index in [1.165, 1.54) is 19.1 Å². The molecular formula is C23H26FN3O4S. The van der Waals surface area contributed by atoms with Crippen molar-refractivity contribution >= 4 is 38.9 Å². The average Bonchev–Trinajstić information content (AvgIpc) is 2.65. The first-order chi connectivity index (χ1) is 15.0. The van der Waals surface area contributed by atoms with Gasteiger partial charge in [0.05, 0.1) is 29.4 Å².